The number of anilines is 2. The van der Waals surface area contributed by atoms with Crippen molar-refractivity contribution in [3.63, 3.8) is 0 Å². The Morgan fingerprint density at radius 1 is 1.16 bits per heavy atom. The number of aryl methyl sites for hydroxylation is 2. The minimum absolute atomic E-state index is 0.0354. The summed E-state index contributed by atoms with van der Waals surface area (Å²) in [4.78, 5) is 17.0. The van der Waals surface area contributed by atoms with E-state index in [0.29, 0.717) is 22.2 Å². The highest BCUT2D eigenvalue weighted by molar-refractivity contribution is 7.98. The number of nitrogens with two attached hydrogens (primary N) is 1. The number of carbonyl (C=O) groups is 1. The Hall–Kier alpha value is -3.59. The number of rotatable bonds is 6. The number of nitrogens with zero attached hydrogens (tertiary/aromatic N) is 4. The van der Waals surface area contributed by atoms with Gasteiger partial charge in [-0.15, -0.1) is 11.8 Å². The molecule has 0 saturated carbocycles. The zero-order chi connectivity index (χ0) is 22.0. The number of benzene rings is 2. The van der Waals surface area contributed by atoms with Crippen molar-refractivity contribution >= 4 is 29.2 Å². The highest BCUT2D eigenvalue weighted by atomic mass is 32.2. The van der Waals surface area contributed by atoms with Crippen LogP contribution in [0.1, 0.15) is 11.1 Å². The molecule has 2 heterocycles. The normalized spacial score (nSPS) is 10.9. The Labute approximate surface area is 183 Å². The maximum atomic E-state index is 12.5. The van der Waals surface area contributed by atoms with Crippen LogP contribution < -0.4 is 11.1 Å². The Kier molecular flexibility index (Phi) is 5.77. The lowest BCUT2D eigenvalue weighted by atomic mass is 10.1. The van der Waals surface area contributed by atoms with E-state index in [0.717, 1.165) is 22.4 Å². The molecular formula is C22H22N6O2S. The molecule has 0 saturated heterocycles. The number of amides is 1. The summed E-state index contributed by atoms with van der Waals surface area (Å²) in [5.41, 5.74) is 10.6. The van der Waals surface area contributed by atoms with Gasteiger partial charge in [0.1, 0.15) is 23.0 Å². The van der Waals surface area contributed by atoms with E-state index in [9.17, 15) is 4.79 Å². The second-order valence-electron chi connectivity index (χ2n) is 7.13. The van der Waals surface area contributed by atoms with Gasteiger partial charge in [-0.2, -0.15) is 10.1 Å². The van der Waals surface area contributed by atoms with Gasteiger partial charge in [0.15, 0.2) is 0 Å². The van der Waals surface area contributed by atoms with E-state index in [1.807, 2.05) is 68.6 Å². The second kappa shape index (κ2) is 8.65. The first-order chi connectivity index (χ1) is 14.9. The third kappa shape index (κ3) is 4.46. The lowest BCUT2D eigenvalue weighted by Gasteiger charge is -2.07. The molecule has 0 bridgehead atoms. The molecule has 3 N–H and O–H groups in total. The van der Waals surface area contributed by atoms with Gasteiger partial charge in [-0.05, 0) is 37.8 Å². The first-order valence-electron chi connectivity index (χ1n) is 9.62. The van der Waals surface area contributed by atoms with Crippen LogP contribution in [0.4, 0.5) is 11.5 Å². The number of nitrogens with one attached hydrogen (secondary N) is 1. The van der Waals surface area contributed by atoms with E-state index >= 15 is 0 Å². The summed E-state index contributed by atoms with van der Waals surface area (Å²) in [6.45, 7) is 3.94. The minimum Gasteiger partial charge on any atom is -0.383 e. The van der Waals surface area contributed by atoms with Crippen molar-refractivity contribution in [1.29, 1.82) is 0 Å². The molecule has 2 aromatic carbocycles. The number of carbonyl (C=O) groups excluding carboxylic acids is 1. The van der Waals surface area contributed by atoms with Gasteiger partial charge in [0.05, 0.1) is 0 Å². The van der Waals surface area contributed by atoms with Crippen LogP contribution >= 0.6 is 11.8 Å². The average molecular weight is 435 g/mol. The number of hydrogen-bond donors (Lipinski definition) is 2. The zero-order valence-corrected chi connectivity index (χ0v) is 18.2. The molecule has 0 spiro atoms. The van der Waals surface area contributed by atoms with Crippen LogP contribution in [-0.4, -0.2) is 32.1 Å². The molecule has 8 nitrogen and oxygen atoms in total. The molecular weight excluding hydrogens is 412 g/mol. The Morgan fingerprint density at radius 2 is 1.94 bits per heavy atom. The average Bonchev–Trinajstić information content (AvgIpc) is 3.33. The largest absolute Gasteiger partial charge is 0.383 e. The standard InChI is InChI=1S/C22H22N6O2S/c1-13-7-9-15(10-8-13)20-25-21(30-27-20)18-19(23)28(26-22(18)31-3)12-17(29)24-16-6-4-5-14(2)11-16/h4-11H,12,23H2,1-3H3,(H,24,29). The number of aromatic nitrogens is 4. The van der Waals surface area contributed by atoms with Crippen molar-refractivity contribution in [1.82, 2.24) is 19.9 Å². The molecule has 1 amide bonds. The van der Waals surface area contributed by atoms with E-state index < -0.39 is 0 Å². The lowest BCUT2D eigenvalue weighted by Crippen LogP contribution is -2.20. The highest BCUT2D eigenvalue weighted by Gasteiger charge is 2.23. The van der Waals surface area contributed by atoms with E-state index in [4.69, 9.17) is 10.3 Å². The summed E-state index contributed by atoms with van der Waals surface area (Å²) in [6, 6.07) is 15.4. The molecule has 0 fully saturated rings. The van der Waals surface area contributed by atoms with E-state index in [1.165, 1.54) is 16.4 Å². The molecule has 31 heavy (non-hydrogen) atoms. The molecule has 4 rings (SSSR count). The summed E-state index contributed by atoms with van der Waals surface area (Å²) in [5, 5.41) is 12.0. The van der Waals surface area contributed by atoms with Crippen molar-refractivity contribution in [3.05, 3.63) is 59.7 Å². The molecule has 0 aliphatic heterocycles. The first kappa shape index (κ1) is 20.7. The molecule has 0 unspecified atom stereocenters. The molecule has 158 valence electrons. The third-order valence-corrected chi connectivity index (χ3v) is 5.37. The van der Waals surface area contributed by atoms with Gasteiger partial charge < -0.3 is 15.6 Å². The van der Waals surface area contributed by atoms with Gasteiger partial charge >= 0.3 is 0 Å². The maximum absolute atomic E-state index is 12.5. The van der Waals surface area contributed by atoms with Crippen molar-refractivity contribution in [2.75, 3.05) is 17.3 Å². The van der Waals surface area contributed by atoms with E-state index in [2.05, 4.69) is 20.6 Å². The smallest absolute Gasteiger partial charge is 0.264 e. The van der Waals surface area contributed by atoms with Crippen LogP contribution in [0, 0.1) is 13.8 Å². The van der Waals surface area contributed by atoms with Gasteiger partial charge in [-0.25, -0.2) is 4.68 Å². The lowest BCUT2D eigenvalue weighted by molar-refractivity contribution is -0.116. The SMILES string of the molecule is CSc1nn(CC(=O)Nc2cccc(C)c2)c(N)c1-c1nc(-c2ccc(C)cc2)no1. The third-order valence-electron chi connectivity index (χ3n) is 4.70. The van der Waals surface area contributed by atoms with Gasteiger partial charge in [0, 0.05) is 11.3 Å². The fourth-order valence-electron chi connectivity index (χ4n) is 3.12. The monoisotopic (exact) mass is 434 g/mol. The molecule has 4 aromatic rings. The van der Waals surface area contributed by atoms with Crippen LogP contribution in [0.15, 0.2) is 58.1 Å². The van der Waals surface area contributed by atoms with Crippen LogP contribution in [0.3, 0.4) is 0 Å². The number of thioether (sulfide) groups is 1. The molecule has 2 aromatic heterocycles. The van der Waals surface area contributed by atoms with Gasteiger partial charge in [0.25, 0.3) is 5.89 Å². The van der Waals surface area contributed by atoms with Gasteiger partial charge in [-0.1, -0.05) is 47.1 Å². The predicted molar refractivity (Wildman–Crippen MR) is 122 cm³/mol. The molecule has 0 aliphatic rings. The van der Waals surface area contributed by atoms with E-state index in [-0.39, 0.29) is 18.3 Å². The summed E-state index contributed by atoms with van der Waals surface area (Å²) < 4.78 is 6.92. The van der Waals surface area contributed by atoms with Crippen molar-refractivity contribution in [2.45, 2.75) is 25.4 Å². The van der Waals surface area contributed by atoms with Crippen LogP contribution in [0.5, 0.6) is 0 Å². The summed E-state index contributed by atoms with van der Waals surface area (Å²) in [5.74, 6) is 0.793. The van der Waals surface area contributed by atoms with Gasteiger partial charge in [0.2, 0.25) is 11.7 Å². The number of nitrogen functional groups attached to an aromatic ring is 1. The Balaban J connectivity index is 1.58. The molecule has 9 heteroatoms. The summed E-state index contributed by atoms with van der Waals surface area (Å²) in [7, 11) is 0. The molecule has 0 radical (unpaired) electrons. The fraction of sp³-hybridized carbons (Fsp3) is 0.182. The van der Waals surface area contributed by atoms with E-state index in [1.54, 1.807) is 0 Å². The maximum Gasteiger partial charge on any atom is 0.264 e. The Bertz CT molecular complexity index is 1230. The zero-order valence-electron chi connectivity index (χ0n) is 17.4. The Morgan fingerprint density at radius 3 is 2.65 bits per heavy atom. The quantitative estimate of drug-likeness (QED) is 0.438. The summed E-state index contributed by atoms with van der Waals surface area (Å²) >= 11 is 1.39. The van der Waals surface area contributed by atoms with Crippen LogP contribution in [0.25, 0.3) is 22.8 Å². The van der Waals surface area contributed by atoms with Crippen molar-refractivity contribution in [2.24, 2.45) is 0 Å². The second-order valence-corrected chi connectivity index (χ2v) is 7.93. The topological polar surface area (TPSA) is 112 Å². The fourth-order valence-corrected chi connectivity index (χ4v) is 3.70. The number of hydrogen-bond acceptors (Lipinski definition) is 7. The van der Waals surface area contributed by atoms with Crippen LogP contribution in [0.2, 0.25) is 0 Å². The van der Waals surface area contributed by atoms with Crippen molar-refractivity contribution < 1.29 is 9.32 Å². The molecule has 0 aliphatic carbocycles. The van der Waals surface area contributed by atoms with Crippen molar-refractivity contribution in [3.8, 4) is 22.8 Å². The first-order valence-corrected chi connectivity index (χ1v) is 10.8. The summed E-state index contributed by atoms with van der Waals surface area (Å²) in [6.07, 6.45) is 1.87. The predicted octanol–water partition coefficient (Wildman–Crippen LogP) is 4.16. The highest BCUT2D eigenvalue weighted by Crippen LogP contribution is 2.34. The van der Waals surface area contributed by atoms with Gasteiger partial charge in [-0.3, -0.25) is 4.79 Å². The minimum atomic E-state index is -0.232. The molecule has 0 atom stereocenters. The van der Waals surface area contributed by atoms with Crippen LogP contribution in [-0.2, 0) is 11.3 Å².